The molecule has 0 bridgehead atoms. The fourth-order valence-corrected chi connectivity index (χ4v) is 3.40. The van der Waals surface area contributed by atoms with E-state index in [1.807, 2.05) is 12.1 Å². The van der Waals surface area contributed by atoms with Crippen molar-refractivity contribution in [1.29, 1.82) is 5.26 Å². The second-order valence-corrected chi connectivity index (χ2v) is 7.33. The SMILES string of the molecule is COc1ccc(C2CC2COc2nc(C)ncc2-c2cc(=O)n(C)cc2C#N)nc1. The van der Waals surface area contributed by atoms with Crippen LogP contribution in [0, 0.1) is 24.2 Å². The van der Waals surface area contributed by atoms with Gasteiger partial charge in [0.1, 0.15) is 17.6 Å². The molecule has 0 aromatic carbocycles. The summed E-state index contributed by atoms with van der Waals surface area (Å²) in [5.74, 6) is 2.32. The van der Waals surface area contributed by atoms with Gasteiger partial charge in [0.25, 0.3) is 5.56 Å². The van der Waals surface area contributed by atoms with Crippen LogP contribution in [0.25, 0.3) is 11.1 Å². The van der Waals surface area contributed by atoms with Gasteiger partial charge in [0.05, 0.1) is 31.0 Å². The molecule has 1 saturated carbocycles. The molecule has 0 radical (unpaired) electrons. The number of hydrogen-bond donors (Lipinski definition) is 0. The molecule has 3 aromatic rings. The zero-order valence-electron chi connectivity index (χ0n) is 17.0. The van der Waals surface area contributed by atoms with E-state index in [2.05, 4.69) is 21.0 Å². The quantitative estimate of drug-likeness (QED) is 0.623. The average Bonchev–Trinajstić information content (AvgIpc) is 3.54. The number of rotatable bonds is 6. The van der Waals surface area contributed by atoms with E-state index >= 15 is 0 Å². The minimum absolute atomic E-state index is 0.219. The maximum atomic E-state index is 12.1. The van der Waals surface area contributed by atoms with Crippen LogP contribution in [0.5, 0.6) is 11.6 Å². The van der Waals surface area contributed by atoms with E-state index in [9.17, 15) is 10.1 Å². The monoisotopic (exact) mass is 403 g/mol. The normalized spacial score (nSPS) is 17.3. The Kier molecular flexibility index (Phi) is 5.19. The number of aromatic nitrogens is 4. The first kappa shape index (κ1) is 19.6. The fraction of sp³-hybridized carbons (Fsp3) is 0.318. The summed E-state index contributed by atoms with van der Waals surface area (Å²) in [7, 11) is 3.22. The molecule has 8 nitrogen and oxygen atoms in total. The van der Waals surface area contributed by atoms with Crippen molar-refractivity contribution in [3.63, 3.8) is 0 Å². The molecule has 3 aromatic heterocycles. The van der Waals surface area contributed by atoms with Gasteiger partial charge in [0.15, 0.2) is 0 Å². The van der Waals surface area contributed by atoms with Crippen LogP contribution in [0.1, 0.15) is 29.4 Å². The fourth-order valence-electron chi connectivity index (χ4n) is 3.40. The Bertz CT molecular complexity index is 1180. The van der Waals surface area contributed by atoms with E-state index in [0.29, 0.717) is 46.8 Å². The van der Waals surface area contributed by atoms with E-state index in [-0.39, 0.29) is 5.56 Å². The van der Waals surface area contributed by atoms with Crippen molar-refractivity contribution < 1.29 is 9.47 Å². The number of hydrogen-bond acceptors (Lipinski definition) is 7. The molecule has 8 heteroatoms. The van der Waals surface area contributed by atoms with Crippen molar-refractivity contribution in [2.45, 2.75) is 19.3 Å². The summed E-state index contributed by atoms with van der Waals surface area (Å²) in [5, 5.41) is 9.50. The van der Waals surface area contributed by atoms with E-state index in [4.69, 9.17) is 9.47 Å². The maximum Gasteiger partial charge on any atom is 0.250 e. The molecule has 1 aliphatic rings. The first-order valence-corrected chi connectivity index (χ1v) is 9.57. The Labute approximate surface area is 173 Å². The predicted molar refractivity (Wildman–Crippen MR) is 109 cm³/mol. The summed E-state index contributed by atoms with van der Waals surface area (Å²) in [5.41, 5.74) is 2.17. The smallest absolute Gasteiger partial charge is 0.250 e. The summed E-state index contributed by atoms with van der Waals surface area (Å²) in [4.78, 5) is 25.2. The Morgan fingerprint density at radius 1 is 1.27 bits per heavy atom. The molecular weight excluding hydrogens is 382 g/mol. The van der Waals surface area contributed by atoms with Crippen LogP contribution in [0.2, 0.25) is 0 Å². The first-order chi connectivity index (χ1) is 14.5. The van der Waals surface area contributed by atoms with E-state index in [1.54, 1.807) is 33.5 Å². The van der Waals surface area contributed by atoms with Crippen LogP contribution in [-0.2, 0) is 7.05 Å². The lowest BCUT2D eigenvalue weighted by molar-refractivity contribution is 0.285. The molecule has 1 fully saturated rings. The maximum absolute atomic E-state index is 12.1. The molecule has 4 rings (SSSR count). The van der Waals surface area contributed by atoms with Gasteiger partial charge in [-0.1, -0.05) is 0 Å². The lowest BCUT2D eigenvalue weighted by Crippen LogP contribution is -2.16. The third-order valence-corrected chi connectivity index (χ3v) is 5.24. The van der Waals surface area contributed by atoms with Gasteiger partial charge in [-0.2, -0.15) is 10.2 Å². The summed E-state index contributed by atoms with van der Waals surface area (Å²) in [6, 6.07) is 7.43. The average molecular weight is 403 g/mol. The second kappa shape index (κ2) is 7.95. The third-order valence-electron chi connectivity index (χ3n) is 5.24. The van der Waals surface area contributed by atoms with Crippen LogP contribution >= 0.6 is 0 Å². The molecule has 1 aliphatic carbocycles. The minimum atomic E-state index is -0.219. The van der Waals surface area contributed by atoms with Crippen LogP contribution < -0.4 is 15.0 Å². The number of aryl methyl sites for hydroxylation is 2. The van der Waals surface area contributed by atoms with Gasteiger partial charge in [-0.05, 0) is 25.5 Å². The zero-order valence-corrected chi connectivity index (χ0v) is 17.0. The van der Waals surface area contributed by atoms with Crippen molar-refractivity contribution in [2.24, 2.45) is 13.0 Å². The first-order valence-electron chi connectivity index (χ1n) is 9.57. The van der Waals surface area contributed by atoms with Gasteiger partial charge in [-0.15, -0.1) is 0 Å². The van der Waals surface area contributed by atoms with E-state index in [1.165, 1.54) is 16.8 Å². The van der Waals surface area contributed by atoms with Gasteiger partial charge >= 0.3 is 0 Å². The lowest BCUT2D eigenvalue weighted by atomic mass is 10.0. The van der Waals surface area contributed by atoms with Gasteiger partial charge < -0.3 is 14.0 Å². The molecule has 3 heterocycles. The molecular formula is C22H21N5O3. The molecule has 30 heavy (non-hydrogen) atoms. The van der Waals surface area contributed by atoms with Crippen molar-refractivity contribution in [3.8, 4) is 28.8 Å². The Morgan fingerprint density at radius 3 is 2.80 bits per heavy atom. The highest BCUT2D eigenvalue weighted by Crippen LogP contribution is 2.47. The number of nitrogens with zero attached hydrogens (tertiary/aromatic N) is 5. The van der Waals surface area contributed by atoms with Crippen molar-refractivity contribution in [3.05, 3.63) is 64.2 Å². The van der Waals surface area contributed by atoms with E-state index < -0.39 is 0 Å². The van der Waals surface area contributed by atoms with Crippen LogP contribution in [-0.4, -0.2) is 33.2 Å². The third kappa shape index (κ3) is 3.87. The minimum Gasteiger partial charge on any atom is -0.495 e. The molecule has 0 aliphatic heterocycles. The second-order valence-electron chi connectivity index (χ2n) is 7.33. The largest absolute Gasteiger partial charge is 0.495 e. The number of methoxy groups -OCH3 is 1. The molecule has 152 valence electrons. The van der Waals surface area contributed by atoms with Crippen LogP contribution in [0.15, 0.2) is 41.6 Å². The lowest BCUT2D eigenvalue weighted by Gasteiger charge is -2.12. The highest BCUT2D eigenvalue weighted by atomic mass is 16.5. The van der Waals surface area contributed by atoms with Crippen molar-refractivity contribution in [1.82, 2.24) is 19.5 Å². The summed E-state index contributed by atoms with van der Waals surface area (Å²) in [6.07, 6.45) is 5.81. The summed E-state index contributed by atoms with van der Waals surface area (Å²) >= 11 is 0. The van der Waals surface area contributed by atoms with Gasteiger partial charge in [0, 0.05) is 48.6 Å². The number of nitriles is 1. The zero-order chi connectivity index (χ0) is 21.3. The molecule has 2 unspecified atom stereocenters. The predicted octanol–water partition coefficient (Wildman–Crippen LogP) is 2.61. The molecule has 0 saturated heterocycles. The van der Waals surface area contributed by atoms with Gasteiger partial charge in [-0.25, -0.2) is 4.98 Å². The van der Waals surface area contributed by atoms with Crippen molar-refractivity contribution in [2.75, 3.05) is 13.7 Å². The number of ether oxygens (including phenoxy) is 2. The highest BCUT2D eigenvalue weighted by Gasteiger charge is 2.40. The Morgan fingerprint density at radius 2 is 2.10 bits per heavy atom. The van der Waals surface area contributed by atoms with Gasteiger partial charge in [-0.3, -0.25) is 9.78 Å². The molecule has 0 amide bonds. The standard InChI is InChI=1S/C22H21N5O3/c1-13-24-10-19(17-7-21(28)27(2)11-15(17)8-23)22(26-13)30-12-14-6-18(14)20-5-4-16(29-3)9-25-20/h4-5,7,9-11,14,18H,6,12H2,1-3H3. The van der Waals surface area contributed by atoms with Gasteiger partial charge in [0.2, 0.25) is 5.88 Å². The molecule has 0 N–H and O–H groups in total. The van der Waals surface area contributed by atoms with E-state index in [0.717, 1.165) is 17.9 Å². The highest BCUT2D eigenvalue weighted by molar-refractivity contribution is 5.73. The molecule has 2 atom stereocenters. The Hall–Kier alpha value is -3.73. The topological polar surface area (TPSA) is 103 Å². The van der Waals surface area contributed by atoms with Crippen LogP contribution in [0.4, 0.5) is 0 Å². The number of pyridine rings is 2. The van der Waals surface area contributed by atoms with Crippen LogP contribution in [0.3, 0.4) is 0 Å². The summed E-state index contributed by atoms with van der Waals surface area (Å²) in [6.45, 7) is 2.24. The molecule has 0 spiro atoms. The van der Waals surface area contributed by atoms with Crippen molar-refractivity contribution >= 4 is 0 Å². The summed E-state index contributed by atoms with van der Waals surface area (Å²) < 4.78 is 12.6. The Balaban J connectivity index is 1.55.